The van der Waals surface area contributed by atoms with E-state index in [1.807, 2.05) is 18.2 Å². The molecular formula is C12H20N2O. The van der Waals surface area contributed by atoms with Crippen molar-refractivity contribution in [2.24, 2.45) is 5.84 Å². The van der Waals surface area contributed by atoms with E-state index in [2.05, 4.69) is 25.3 Å². The molecule has 1 rings (SSSR count). The quantitative estimate of drug-likeness (QED) is 0.555. The molecular weight excluding hydrogens is 188 g/mol. The lowest BCUT2D eigenvalue weighted by Crippen LogP contribution is -2.35. The molecule has 0 saturated heterocycles. The molecule has 0 fully saturated rings. The molecule has 15 heavy (non-hydrogen) atoms. The van der Waals surface area contributed by atoms with Crippen molar-refractivity contribution in [2.45, 2.75) is 32.7 Å². The van der Waals surface area contributed by atoms with Gasteiger partial charge in [0.05, 0.1) is 6.61 Å². The van der Waals surface area contributed by atoms with Gasteiger partial charge >= 0.3 is 0 Å². The molecule has 1 aromatic rings. The van der Waals surface area contributed by atoms with E-state index in [9.17, 15) is 0 Å². The lowest BCUT2D eigenvalue weighted by molar-refractivity contribution is 0.283. The Bertz CT molecular complexity index is 285. The topological polar surface area (TPSA) is 47.3 Å². The number of hydrogen-bond donors (Lipinski definition) is 2. The number of hydrazine groups is 1. The van der Waals surface area contributed by atoms with Crippen LogP contribution in [0.2, 0.25) is 0 Å². The van der Waals surface area contributed by atoms with Gasteiger partial charge in [0, 0.05) is 6.04 Å². The van der Waals surface area contributed by atoms with Crippen LogP contribution >= 0.6 is 0 Å². The van der Waals surface area contributed by atoms with Gasteiger partial charge in [-0.25, -0.2) is 0 Å². The Morgan fingerprint density at radius 2 is 2.27 bits per heavy atom. The van der Waals surface area contributed by atoms with E-state index in [1.165, 1.54) is 5.56 Å². The number of nitrogens with one attached hydrogen (secondary N) is 1. The Balaban J connectivity index is 2.31. The van der Waals surface area contributed by atoms with E-state index >= 15 is 0 Å². The highest BCUT2D eigenvalue weighted by molar-refractivity contribution is 5.27. The second kappa shape index (κ2) is 6.43. The summed E-state index contributed by atoms with van der Waals surface area (Å²) in [4.78, 5) is 0. The van der Waals surface area contributed by atoms with Crippen molar-refractivity contribution < 1.29 is 4.74 Å². The first-order chi connectivity index (χ1) is 7.26. The fraction of sp³-hybridized carbons (Fsp3) is 0.500. The number of hydrogen-bond acceptors (Lipinski definition) is 3. The maximum Gasteiger partial charge on any atom is 0.119 e. The van der Waals surface area contributed by atoms with Crippen molar-refractivity contribution >= 4 is 0 Å². The van der Waals surface area contributed by atoms with Crippen LogP contribution in [-0.4, -0.2) is 12.6 Å². The zero-order valence-electron chi connectivity index (χ0n) is 9.49. The summed E-state index contributed by atoms with van der Waals surface area (Å²) in [5.74, 6) is 6.31. The summed E-state index contributed by atoms with van der Waals surface area (Å²) in [5, 5.41) is 0. The maximum atomic E-state index is 5.63. The first-order valence-electron chi connectivity index (χ1n) is 5.42. The molecule has 0 radical (unpaired) electrons. The highest BCUT2D eigenvalue weighted by Crippen LogP contribution is 2.12. The van der Waals surface area contributed by atoms with E-state index in [0.29, 0.717) is 12.6 Å². The number of benzene rings is 1. The van der Waals surface area contributed by atoms with Crippen molar-refractivity contribution in [3.05, 3.63) is 29.8 Å². The Kier molecular flexibility index (Phi) is 5.15. The molecule has 0 bridgehead atoms. The summed E-state index contributed by atoms with van der Waals surface area (Å²) in [7, 11) is 0. The van der Waals surface area contributed by atoms with Gasteiger partial charge in [-0.15, -0.1) is 0 Å². The van der Waals surface area contributed by atoms with Gasteiger partial charge in [0.1, 0.15) is 5.75 Å². The van der Waals surface area contributed by atoms with Crippen LogP contribution in [0.1, 0.15) is 25.3 Å². The summed E-state index contributed by atoms with van der Waals surface area (Å²) >= 11 is 0. The predicted octanol–water partition coefficient (Wildman–Crippen LogP) is 2.01. The second-order valence-corrected chi connectivity index (χ2v) is 3.73. The SMILES string of the molecule is CCC(CCOc1cccc(C)c1)NN. The number of rotatable bonds is 6. The van der Waals surface area contributed by atoms with Crippen LogP contribution in [0.4, 0.5) is 0 Å². The molecule has 0 saturated carbocycles. The first kappa shape index (κ1) is 12.0. The highest BCUT2D eigenvalue weighted by atomic mass is 16.5. The molecule has 0 amide bonds. The fourth-order valence-electron chi connectivity index (χ4n) is 1.43. The van der Waals surface area contributed by atoms with Crippen LogP contribution in [0.25, 0.3) is 0 Å². The maximum absolute atomic E-state index is 5.63. The van der Waals surface area contributed by atoms with E-state index < -0.39 is 0 Å². The monoisotopic (exact) mass is 208 g/mol. The third kappa shape index (κ3) is 4.32. The molecule has 0 aromatic heterocycles. The summed E-state index contributed by atoms with van der Waals surface area (Å²) in [6.07, 6.45) is 1.95. The van der Waals surface area contributed by atoms with Crippen molar-refractivity contribution in [2.75, 3.05) is 6.61 Å². The van der Waals surface area contributed by atoms with Gasteiger partial charge in [0.15, 0.2) is 0 Å². The number of aryl methyl sites for hydroxylation is 1. The molecule has 0 aliphatic carbocycles. The molecule has 0 aliphatic heterocycles. The molecule has 0 aliphatic rings. The third-order valence-corrected chi connectivity index (χ3v) is 2.45. The lowest BCUT2D eigenvalue weighted by atomic mass is 10.2. The first-order valence-corrected chi connectivity index (χ1v) is 5.42. The standard InChI is InChI=1S/C12H20N2O/c1-3-11(14-13)7-8-15-12-6-4-5-10(2)9-12/h4-6,9,11,14H,3,7-8,13H2,1-2H3. The molecule has 3 N–H and O–H groups in total. The van der Waals surface area contributed by atoms with Crippen molar-refractivity contribution in [3.8, 4) is 5.75 Å². The van der Waals surface area contributed by atoms with Gasteiger partial charge in [-0.3, -0.25) is 11.3 Å². The van der Waals surface area contributed by atoms with Gasteiger partial charge in [-0.2, -0.15) is 0 Å². The van der Waals surface area contributed by atoms with Crippen LogP contribution in [0, 0.1) is 6.92 Å². The van der Waals surface area contributed by atoms with Crippen molar-refractivity contribution in [1.82, 2.24) is 5.43 Å². The molecule has 1 atom stereocenters. The lowest BCUT2D eigenvalue weighted by Gasteiger charge is -2.13. The molecule has 0 spiro atoms. The van der Waals surface area contributed by atoms with E-state index in [1.54, 1.807) is 0 Å². The predicted molar refractivity (Wildman–Crippen MR) is 62.7 cm³/mol. The molecule has 1 unspecified atom stereocenters. The zero-order valence-corrected chi connectivity index (χ0v) is 9.49. The minimum absolute atomic E-state index is 0.342. The van der Waals surface area contributed by atoms with E-state index in [-0.39, 0.29) is 0 Å². The number of ether oxygens (including phenoxy) is 1. The summed E-state index contributed by atoms with van der Waals surface area (Å²) in [6.45, 7) is 4.87. The minimum atomic E-state index is 0.342. The van der Waals surface area contributed by atoms with Gasteiger partial charge in [-0.05, 0) is 37.5 Å². The normalized spacial score (nSPS) is 12.5. The molecule has 84 valence electrons. The molecule has 3 heteroatoms. The fourth-order valence-corrected chi connectivity index (χ4v) is 1.43. The Morgan fingerprint density at radius 1 is 1.47 bits per heavy atom. The number of nitrogens with two attached hydrogens (primary N) is 1. The van der Waals surface area contributed by atoms with Crippen LogP contribution in [0.3, 0.4) is 0 Å². The zero-order chi connectivity index (χ0) is 11.1. The van der Waals surface area contributed by atoms with Crippen LogP contribution in [0.5, 0.6) is 5.75 Å². The summed E-state index contributed by atoms with van der Waals surface area (Å²) < 4.78 is 5.63. The van der Waals surface area contributed by atoms with Crippen molar-refractivity contribution in [1.29, 1.82) is 0 Å². The largest absolute Gasteiger partial charge is 0.494 e. The smallest absolute Gasteiger partial charge is 0.119 e. The van der Waals surface area contributed by atoms with Crippen LogP contribution in [-0.2, 0) is 0 Å². The van der Waals surface area contributed by atoms with Gasteiger partial charge in [-0.1, -0.05) is 19.1 Å². The highest BCUT2D eigenvalue weighted by Gasteiger charge is 2.03. The van der Waals surface area contributed by atoms with E-state index in [4.69, 9.17) is 10.6 Å². The van der Waals surface area contributed by atoms with Gasteiger partial charge in [0.25, 0.3) is 0 Å². The van der Waals surface area contributed by atoms with Crippen LogP contribution < -0.4 is 16.0 Å². The van der Waals surface area contributed by atoms with Gasteiger partial charge in [0.2, 0.25) is 0 Å². The molecule has 1 aromatic carbocycles. The Hall–Kier alpha value is -1.06. The summed E-state index contributed by atoms with van der Waals surface area (Å²) in [6, 6.07) is 8.42. The molecule has 3 nitrogen and oxygen atoms in total. The van der Waals surface area contributed by atoms with Crippen molar-refractivity contribution in [3.63, 3.8) is 0 Å². The van der Waals surface area contributed by atoms with Gasteiger partial charge < -0.3 is 4.74 Å². The third-order valence-electron chi connectivity index (χ3n) is 2.45. The minimum Gasteiger partial charge on any atom is -0.494 e. The second-order valence-electron chi connectivity index (χ2n) is 3.73. The molecule has 0 heterocycles. The van der Waals surface area contributed by atoms with E-state index in [0.717, 1.165) is 18.6 Å². The average molecular weight is 208 g/mol. The Morgan fingerprint density at radius 3 is 2.87 bits per heavy atom. The summed E-state index contributed by atoms with van der Waals surface area (Å²) in [5.41, 5.74) is 3.99. The average Bonchev–Trinajstić information content (AvgIpc) is 2.25. The Labute approximate surface area is 91.6 Å². The van der Waals surface area contributed by atoms with Crippen LogP contribution in [0.15, 0.2) is 24.3 Å².